The van der Waals surface area contributed by atoms with Crippen molar-refractivity contribution in [3.8, 4) is 23.0 Å². The minimum absolute atomic E-state index is 0.0232. The van der Waals surface area contributed by atoms with Crippen molar-refractivity contribution in [3.63, 3.8) is 0 Å². The van der Waals surface area contributed by atoms with E-state index in [0.717, 1.165) is 5.56 Å². The maximum Gasteiger partial charge on any atom is 0.344 e. The molecule has 0 amide bonds. The molecule has 0 heterocycles. The van der Waals surface area contributed by atoms with Crippen LogP contribution < -0.4 is 18.9 Å². The number of benzene rings is 3. The third-order valence-corrected chi connectivity index (χ3v) is 4.94. The van der Waals surface area contributed by atoms with E-state index in [1.54, 1.807) is 6.07 Å². The number of esters is 2. The van der Waals surface area contributed by atoms with Gasteiger partial charge in [-0.25, -0.2) is 9.59 Å². The molecule has 34 heavy (non-hydrogen) atoms. The Kier molecular flexibility index (Phi) is 8.23. The summed E-state index contributed by atoms with van der Waals surface area (Å²) in [5, 5.41) is 0. The van der Waals surface area contributed by atoms with E-state index in [2.05, 4.69) is 0 Å². The molecule has 0 aliphatic carbocycles. The zero-order chi connectivity index (χ0) is 24.5. The molecule has 3 rings (SSSR count). The molecule has 0 aliphatic rings. The molecule has 0 fully saturated rings. The van der Waals surface area contributed by atoms with Crippen LogP contribution in [0.4, 0.5) is 0 Å². The van der Waals surface area contributed by atoms with E-state index in [-0.39, 0.29) is 35.7 Å². The van der Waals surface area contributed by atoms with Gasteiger partial charge in [-0.2, -0.15) is 0 Å². The third kappa shape index (κ3) is 5.72. The minimum Gasteiger partial charge on any atom is -0.493 e. The molecule has 0 saturated carbocycles. The van der Waals surface area contributed by atoms with Crippen LogP contribution in [0.5, 0.6) is 23.0 Å². The smallest absolute Gasteiger partial charge is 0.344 e. The van der Waals surface area contributed by atoms with Crippen molar-refractivity contribution in [1.29, 1.82) is 0 Å². The van der Waals surface area contributed by atoms with Crippen molar-refractivity contribution in [1.82, 2.24) is 0 Å². The highest BCUT2D eigenvalue weighted by Crippen LogP contribution is 2.34. The van der Waals surface area contributed by atoms with Crippen molar-refractivity contribution in [2.24, 2.45) is 0 Å². The van der Waals surface area contributed by atoms with Crippen molar-refractivity contribution >= 4 is 18.2 Å². The SMILES string of the molecule is COC(=O)c1ccc(OC)c(OC(=O)c2cc(OCc3ccccc3)c(OC)cc2CC=O)c1. The lowest BCUT2D eigenvalue weighted by molar-refractivity contribution is -0.107. The van der Waals surface area contributed by atoms with Crippen LogP contribution >= 0.6 is 0 Å². The van der Waals surface area contributed by atoms with Gasteiger partial charge >= 0.3 is 11.9 Å². The summed E-state index contributed by atoms with van der Waals surface area (Å²) in [5.41, 5.74) is 1.62. The van der Waals surface area contributed by atoms with E-state index in [1.807, 2.05) is 30.3 Å². The van der Waals surface area contributed by atoms with Crippen molar-refractivity contribution in [3.05, 3.63) is 82.9 Å². The molecule has 0 saturated heterocycles. The molecular formula is C26H24O8. The first-order valence-corrected chi connectivity index (χ1v) is 10.3. The average Bonchev–Trinajstić information content (AvgIpc) is 2.87. The summed E-state index contributed by atoms with van der Waals surface area (Å²) >= 11 is 0. The Hall–Kier alpha value is -4.33. The number of aldehydes is 1. The summed E-state index contributed by atoms with van der Waals surface area (Å²) in [6.07, 6.45) is 0.633. The number of hydrogen-bond donors (Lipinski definition) is 0. The first-order chi connectivity index (χ1) is 16.5. The molecule has 0 bridgehead atoms. The zero-order valence-electron chi connectivity index (χ0n) is 19.0. The standard InChI is InChI=1S/C26H24O8/c1-30-21-10-9-19(25(28)32-3)14-24(21)34-26(29)20-15-23(22(31-2)13-18(20)11-12-27)33-16-17-7-5-4-6-8-17/h4-10,12-15H,11,16H2,1-3H3. The number of hydrogen-bond acceptors (Lipinski definition) is 8. The number of methoxy groups -OCH3 is 3. The van der Waals surface area contributed by atoms with E-state index >= 15 is 0 Å². The maximum atomic E-state index is 13.1. The van der Waals surface area contributed by atoms with Crippen LogP contribution in [-0.2, 0) is 22.6 Å². The number of carbonyl (C=O) groups excluding carboxylic acids is 3. The first-order valence-electron chi connectivity index (χ1n) is 10.3. The Labute approximate surface area is 197 Å². The van der Waals surface area contributed by atoms with Gasteiger partial charge in [-0.1, -0.05) is 30.3 Å². The summed E-state index contributed by atoms with van der Waals surface area (Å²) in [7, 11) is 4.13. The highest BCUT2D eigenvalue weighted by molar-refractivity contribution is 5.95. The fraction of sp³-hybridized carbons (Fsp3) is 0.192. The van der Waals surface area contributed by atoms with E-state index in [0.29, 0.717) is 23.3 Å². The summed E-state index contributed by atoms with van der Waals surface area (Å²) < 4.78 is 26.8. The van der Waals surface area contributed by atoms with Gasteiger partial charge in [-0.3, -0.25) is 0 Å². The van der Waals surface area contributed by atoms with Crippen LogP contribution in [0.15, 0.2) is 60.7 Å². The molecule has 0 atom stereocenters. The molecule has 8 heteroatoms. The normalized spacial score (nSPS) is 10.2. The van der Waals surface area contributed by atoms with Crippen LogP contribution in [0.2, 0.25) is 0 Å². The van der Waals surface area contributed by atoms with Crippen LogP contribution in [0.3, 0.4) is 0 Å². The summed E-state index contributed by atoms with van der Waals surface area (Å²) in [5.74, 6) is -0.410. The monoisotopic (exact) mass is 464 g/mol. The van der Waals surface area contributed by atoms with Crippen molar-refractivity contribution in [2.45, 2.75) is 13.0 Å². The third-order valence-electron chi connectivity index (χ3n) is 4.94. The van der Waals surface area contributed by atoms with Gasteiger partial charge in [0.1, 0.15) is 12.9 Å². The predicted octanol–water partition coefficient (Wildman–Crippen LogP) is 4.03. The lowest BCUT2D eigenvalue weighted by Gasteiger charge is -2.16. The van der Waals surface area contributed by atoms with Crippen LogP contribution in [0, 0.1) is 0 Å². The summed E-state index contributed by atoms with van der Waals surface area (Å²) in [6, 6.07) is 16.9. The molecule has 8 nitrogen and oxygen atoms in total. The average molecular weight is 464 g/mol. The molecule has 3 aromatic rings. The van der Waals surface area contributed by atoms with E-state index < -0.39 is 11.9 Å². The topological polar surface area (TPSA) is 97.4 Å². The fourth-order valence-corrected chi connectivity index (χ4v) is 3.21. The first kappa shape index (κ1) is 24.3. The highest BCUT2D eigenvalue weighted by Gasteiger charge is 2.21. The second-order valence-corrected chi connectivity index (χ2v) is 7.05. The highest BCUT2D eigenvalue weighted by atomic mass is 16.6. The van der Waals surface area contributed by atoms with E-state index in [9.17, 15) is 14.4 Å². The molecule has 3 aromatic carbocycles. The fourth-order valence-electron chi connectivity index (χ4n) is 3.21. The summed E-state index contributed by atoms with van der Waals surface area (Å²) in [4.78, 5) is 36.3. The Morgan fingerprint density at radius 3 is 2.18 bits per heavy atom. The Bertz CT molecular complexity index is 1170. The van der Waals surface area contributed by atoms with Crippen molar-refractivity contribution < 1.29 is 38.1 Å². The van der Waals surface area contributed by atoms with Crippen molar-refractivity contribution in [2.75, 3.05) is 21.3 Å². The Balaban J connectivity index is 1.96. The molecule has 0 aliphatic heterocycles. The van der Waals surface area contributed by atoms with Gasteiger partial charge in [-0.05, 0) is 41.5 Å². The van der Waals surface area contributed by atoms with Gasteiger partial charge in [0.25, 0.3) is 0 Å². The van der Waals surface area contributed by atoms with Gasteiger partial charge in [0.2, 0.25) is 0 Å². The Morgan fingerprint density at radius 1 is 0.794 bits per heavy atom. The van der Waals surface area contributed by atoms with Gasteiger partial charge < -0.3 is 28.5 Å². The van der Waals surface area contributed by atoms with Gasteiger partial charge in [0.05, 0.1) is 32.5 Å². The maximum absolute atomic E-state index is 13.1. The predicted molar refractivity (Wildman–Crippen MR) is 123 cm³/mol. The van der Waals surface area contributed by atoms with Gasteiger partial charge in [0, 0.05) is 6.42 Å². The lowest BCUT2D eigenvalue weighted by Crippen LogP contribution is -2.14. The van der Waals surface area contributed by atoms with Gasteiger partial charge in [-0.15, -0.1) is 0 Å². The van der Waals surface area contributed by atoms with Crippen LogP contribution in [0.1, 0.15) is 31.8 Å². The molecule has 0 N–H and O–H groups in total. The second kappa shape index (κ2) is 11.5. The molecule has 0 aromatic heterocycles. The van der Waals surface area contributed by atoms with E-state index in [4.69, 9.17) is 23.7 Å². The number of rotatable bonds is 10. The molecule has 0 spiro atoms. The van der Waals surface area contributed by atoms with E-state index in [1.165, 1.54) is 45.6 Å². The molecule has 0 unspecified atom stereocenters. The zero-order valence-corrected chi connectivity index (χ0v) is 19.0. The number of ether oxygens (including phenoxy) is 5. The molecule has 176 valence electrons. The molecule has 0 radical (unpaired) electrons. The minimum atomic E-state index is -0.760. The van der Waals surface area contributed by atoms with Crippen LogP contribution in [-0.4, -0.2) is 39.6 Å². The lowest BCUT2D eigenvalue weighted by atomic mass is 10.0. The second-order valence-electron chi connectivity index (χ2n) is 7.05. The number of carbonyl (C=O) groups is 3. The van der Waals surface area contributed by atoms with Gasteiger partial charge in [0.15, 0.2) is 23.0 Å². The largest absolute Gasteiger partial charge is 0.493 e. The summed E-state index contributed by atoms with van der Waals surface area (Å²) in [6.45, 7) is 0.244. The van der Waals surface area contributed by atoms with Crippen LogP contribution in [0.25, 0.3) is 0 Å². The quantitative estimate of drug-likeness (QED) is 0.252. The molecular weight excluding hydrogens is 440 g/mol. The Morgan fingerprint density at radius 2 is 1.53 bits per heavy atom.